The van der Waals surface area contributed by atoms with Crippen LogP contribution >= 0.6 is 0 Å². The highest BCUT2D eigenvalue weighted by Gasteiger charge is 2.46. The maximum absolute atomic E-state index is 11.9. The summed E-state index contributed by atoms with van der Waals surface area (Å²) < 4.78 is 6.28. The number of nitrogens with zero attached hydrogens (tertiary/aromatic N) is 2. The monoisotopic (exact) mass is 357 g/mol. The summed E-state index contributed by atoms with van der Waals surface area (Å²) in [7, 11) is 3.65. The molecule has 2 saturated heterocycles. The standard InChI is InChI=1S/C21H31N3O2/c1-23(2)20(25)14-24-10-8-21(9-11-24)13-17(15-26-21)22-19-12-18(19)16-6-4-3-5-7-16/h3-7,17-19,22H,8-15H2,1-2H3. The van der Waals surface area contributed by atoms with Crippen molar-refractivity contribution in [2.45, 2.75) is 49.3 Å². The smallest absolute Gasteiger partial charge is 0.236 e. The highest BCUT2D eigenvalue weighted by atomic mass is 16.5. The van der Waals surface area contributed by atoms with Crippen LogP contribution in [0.25, 0.3) is 0 Å². The van der Waals surface area contributed by atoms with E-state index < -0.39 is 0 Å². The Morgan fingerprint density at radius 2 is 2.00 bits per heavy atom. The van der Waals surface area contributed by atoms with Crippen LogP contribution in [0.15, 0.2) is 30.3 Å². The predicted octanol–water partition coefficient (Wildman–Crippen LogP) is 1.84. The molecule has 0 radical (unpaired) electrons. The van der Waals surface area contributed by atoms with Crippen LogP contribution in [0.3, 0.4) is 0 Å². The number of hydrogen-bond acceptors (Lipinski definition) is 4. The Balaban J connectivity index is 1.23. The molecule has 3 fully saturated rings. The second-order valence-corrected chi connectivity index (χ2v) is 8.49. The van der Waals surface area contributed by atoms with E-state index in [1.807, 2.05) is 14.1 Å². The van der Waals surface area contributed by atoms with Crippen LogP contribution in [0.5, 0.6) is 0 Å². The molecule has 2 heterocycles. The molecule has 142 valence electrons. The van der Waals surface area contributed by atoms with E-state index in [0.717, 1.165) is 39.0 Å². The van der Waals surface area contributed by atoms with Crippen LogP contribution < -0.4 is 5.32 Å². The molecule has 1 N–H and O–H groups in total. The minimum Gasteiger partial charge on any atom is -0.373 e. The summed E-state index contributed by atoms with van der Waals surface area (Å²) in [5, 5.41) is 3.83. The normalized spacial score (nSPS) is 30.5. The van der Waals surface area contributed by atoms with Crippen molar-refractivity contribution < 1.29 is 9.53 Å². The van der Waals surface area contributed by atoms with E-state index in [1.165, 1.54) is 12.0 Å². The number of likely N-dealkylation sites (tertiary alicyclic amines) is 1. The minimum absolute atomic E-state index is 0.0342. The molecule has 1 aliphatic carbocycles. The van der Waals surface area contributed by atoms with E-state index >= 15 is 0 Å². The number of ether oxygens (including phenoxy) is 1. The van der Waals surface area contributed by atoms with Crippen LogP contribution in [-0.2, 0) is 9.53 Å². The zero-order valence-electron chi connectivity index (χ0n) is 16.0. The third-order valence-electron chi connectivity index (χ3n) is 6.30. The van der Waals surface area contributed by atoms with Crippen LogP contribution in [-0.4, -0.2) is 73.7 Å². The van der Waals surface area contributed by atoms with Gasteiger partial charge in [-0.2, -0.15) is 0 Å². The molecule has 0 bridgehead atoms. The molecule has 5 heteroatoms. The number of benzene rings is 1. The van der Waals surface area contributed by atoms with E-state index in [0.29, 0.717) is 24.5 Å². The molecule has 3 unspecified atom stereocenters. The van der Waals surface area contributed by atoms with Crippen molar-refractivity contribution in [3.63, 3.8) is 0 Å². The van der Waals surface area contributed by atoms with Gasteiger partial charge >= 0.3 is 0 Å². The first-order valence-electron chi connectivity index (χ1n) is 9.92. The van der Waals surface area contributed by atoms with Gasteiger partial charge in [-0.25, -0.2) is 0 Å². The van der Waals surface area contributed by atoms with Crippen molar-refractivity contribution in [3.8, 4) is 0 Å². The van der Waals surface area contributed by atoms with Gasteiger partial charge in [-0.05, 0) is 31.2 Å². The van der Waals surface area contributed by atoms with Gasteiger partial charge in [-0.1, -0.05) is 30.3 Å². The molecule has 1 aromatic rings. The van der Waals surface area contributed by atoms with Crippen molar-refractivity contribution in [3.05, 3.63) is 35.9 Å². The molecule has 2 aliphatic heterocycles. The maximum atomic E-state index is 11.9. The second kappa shape index (κ2) is 7.29. The summed E-state index contributed by atoms with van der Waals surface area (Å²) in [4.78, 5) is 15.8. The number of piperidine rings is 1. The largest absolute Gasteiger partial charge is 0.373 e. The minimum atomic E-state index is 0.0342. The SMILES string of the molecule is CN(C)C(=O)CN1CCC2(CC1)CC(NC1CC1c1ccccc1)CO2. The second-order valence-electron chi connectivity index (χ2n) is 8.49. The van der Waals surface area contributed by atoms with Gasteiger partial charge in [-0.3, -0.25) is 9.69 Å². The van der Waals surface area contributed by atoms with Gasteiger partial charge < -0.3 is 15.0 Å². The molecule has 1 amide bonds. The van der Waals surface area contributed by atoms with Gasteiger partial charge in [-0.15, -0.1) is 0 Å². The number of carbonyl (C=O) groups excluding carboxylic acids is 1. The zero-order chi connectivity index (χ0) is 18.1. The maximum Gasteiger partial charge on any atom is 0.236 e. The molecule has 4 rings (SSSR count). The number of amides is 1. The molecule has 1 spiro atoms. The predicted molar refractivity (Wildman–Crippen MR) is 102 cm³/mol. The summed E-state index contributed by atoms with van der Waals surface area (Å²) in [5.74, 6) is 0.861. The summed E-state index contributed by atoms with van der Waals surface area (Å²) in [5.41, 5.74) is 1.49. The zero-order valence-corrected chi connectivity index (χ0v) is 16.0. The fourth-order valence-electron chi connectivity index (χ4n) is 4.50. The highest BCUT2D eigenvalue weighted by Crippen LogP contribution is 2.43. The molecule has 5 nitrogen and oxygen atoms in total. The lowest BCUT2D eigenvalue weighted by Gasteiger charge is -2.38. The summed E-state index contributed by atoms with van der Waals surface area (Å²) >= 11 is 0. The van der Waals surface area contributed by atoms with Crippen LogP contribution in [0, 0.1) is 0 Å². The van der Waals surface area contributed by atoms with E-state index in [-0.39, 0.29) is 11.5 Å². The van der Waals surface area contributed by atoms with Gasteiger partial charge in [0.25, 0.3) is 0 Å². The van der Waals surface area contributed by atoms with Crippen molar-refractivity contribution in [1.29, 1.82) is 0 Å². The number of likely N-dealkylation sites (N-methyl/N-ethyl adjacent to an activating group) is 1. The molecule has 26 heavy (non-hydrogen) atoms. The lowest BCUT2D eigenvalue weighted by molar-refractivity contribution is -0.131. The molecule has 1 aromatic carbocycles. The Morgan fingerprint density at radius 1 is 1.27 bits per heavy atom. The van der Waals surface area contributed by atoms with Crippen molar-refractivity contribution >= 4 is 5.91 Å². The molecule has 3 aliphatic rings. The number of rotatable bonds is 5. The van der Waals surface area contributed by atoms with E-state index in [1.54, 1.807) is 4.90 Å². The topological polar surface area (TPSA) is 44.8 Å². The van der Waals surface area contributed by atoms with Gasteiger partial charge in [0.1, 0.15) is 0 Å². The van der Waals surface area contributed by atoms with E-state index in [9.17, 15) is 4.79 Å². The average molecular weight is 357 g/mol. The van der Waals surface area contributed by atoms with Gasteiger partial charge in [0.15, 0.2) is 0 Å². The molecule has 0 aromatic heterocycles. The van der Waals surface area contributed by atoms with E-state index in [2.05, 4.69) is 40.5 Å². The highest BCUT2D eigenvalue weighted by molar-refractivity contribution is 5.77. The van der Waals surface area contributed by atoms with Crippen molar-refractivity contribution in [2.75, 3.05) is 40.3 Å². The number of carbonyl (C=O) groups is 1. The van der Waals surface area contributed by atoms with Crippen LogP contribution in [0.2, 0.25) is 0 Å². The number of hydrogen-bond donors (Lipinski definition) is 1. The number of nitrogens with one attached hydrogen (secondary N) is 1. The molecule has 1 saturated carbocycles. The first kappa shape index (κ1) is 18.0. The van der Waals surface area contributed by atoms with Crippen molar-refractivity contribution in [1.82, 2.24) is 15.1 Å². The Bertz CT molecular complexity index is 625. The van der Waals surface area contributed by atoms with Crippen molar-refractivity contribution in [2.24, 2.45) is 0 Å². The summed E-state index contributed by atoms with van der Waals surface area (Å²) in [6, 6.07) is 11.9. The fraction of sp³-hybridized carbons (Fsp3) is 0.667. The van der Waals surface area contributed by atoms with Crippen LogP contribution in [0.4, 0.5) is 0 Å². The van der Waals surface area contributed by atoms with Crippen LogP contribution in [0.1, 0.15) is 37.2 Å². The summed E-state index contributed by atoms with van der Waals surface area (Å²) in [6.45, 7) is 3.28. The quantitative estimate of drug-likeness (QED) is 0.873. The third kappa shape index (κ3) is 3.95. The Labute approximate surface area is 156 Å². The Kier molecular flexibility index (Phi) is 5.04. The van der Waals surface area contributed by atoms with E-state index in [4.69, 9.17) is 4.74 Å². The lowest BCUT2D eigenvalue weighted by atomic mass is 9.87. The Hall–Kier alpha value is -1.43. The lowest BCUT2D eigenvalue weighted by Crippen LogP contribution is -2.47. The molecule has 3 atom stereocenters. The third-order valence-corrected chi connectivity index (χ3v) is 6.30. The average Bonchev–Trinajstić information content (AvgIpc) is 3.31. The first-order chi connectivity index (χ1) is 12.5. The Morgan fingerprint density at radius 3 is 2.69 bits per heavy atom. The first-order valence-corrected chi connectivity index (χ1v) is 9.92. The molecular formula is C21H31N3O2. The van der Waals surface area contributed by atoms with Gasteiger partial charge in [0, 0.05) is 45.2 Å². The fourth-order valence-corrected chi connectivity index (χ4v) is 4.50. The van der Waals surface area contributed by atoms with Gasteiger partial charge in [0.2, 0.25) is 5.91 Å². The van der Waals surface area contributed by atoms with Gasteiger partial charge in [0.05, 0.1) is 18.8 Å². The molecular weight excluding hydrogens is 326 g/mol. The summed E-state index contributed by atoms with van der Waals surface area (Å²) in [6.07, 6.45) is 4.44.